The van der Waals surface area contributed by atoms with E-state index in [0.717, 1.165) is 15.9 Å². The average Bonchev–Trinajstić information content (AvgIpc) is 3.17. The van der Waals surface area contributed by atoms with E-state index in [1.807, 2.05) is 5.38 Å². The molecule has 0 spiro atoms. The summed E-state index contributed by atoms with van der Waals surface area (Å²) in [6, 6.07) is 0.952. The van der Waals surface area contributed by atoms with Crippen LogP contribution in [0.15, 0.2) is 17.6 Å². The number of nitrogens with zero attached hydrogens (tertiary/aromatic N) is 5. The number of thiazole rings is 1. The molecular formula is C14H16F3N5OS. The molecule has 0 aliphatic carbocycles. The van der Waals surface area contributed by atoms with E-state index in [2.05, 4.69) is 15.0 Å². The third-order valence-corrected chi connectivity index (χ3v) is 4.71. The van der Waals surface area contributed by atoms with Crippen molar-refractivity contribution in [2.45, 2.75) is 19.6 Å². The number of amides is 1. The molecule has 2 aromatic heterocycles. The molecule has 1 aliphatic rings. The predicted molar refractivity (Wildman–Crippen MR) is 82.9 cm³/mol. The normalized spacial score (nSPS) is 15.8. The lowest BCUT2D eigenvalue weighted by Crippen LogP contribution is -2.49. The summed E-state index contributed by atoms with van der Waals surface area (Å²) < 4.78 is 39.1. The molecule has 3 heterocycles. The van der Waals surface area contributed by atoms with Crippen molar-refractivity contribution in [1.29, 1.82) is 0 Å². The van der Waals surface area contributed by atoms with Crippen LogP contribution in [0.1, 0.15) is 11.4 Å². The van der Waals surface area contributed by atoms with Crippen LogP contribution in [0.4, 0.5) is 18.3 Å². The summed E-state index contributed by atoms with van der Waals surface area (Å²) in [5.41, 5.74) is -0.654. The number of aryl methyl sites for hydroxylation is 1. The number of hydrogen-bond donors (Lipinski definition) is 0. The molecule has 0 unspecified atom stereocenters. The van der Waals surface area contributed by atoms with Crippen LogP contribution in [0, 0.1) is 6.92 Å². The van der Waals surface area contributed by atoms with Gasteiger partial charge in [0.25, 0.3) is 0 Å². The molecule has 0 bridgehead atoms. The lowest BCUT2D eigenvalue weighted by atomic mass is 10.3. The number of carbonyl (C=O) groups excluding carboxylic acids is 1. The Morgan fingerprint density at radius 1 is 1.29 bits per heavy atom. The first-order valence-corrected chi connectivity index (χ1v) is 8.26. The highest BCUT2D eigenvalue weighted by Crippen LogP contribution is 2.28. The first-order chi connectivity index (χ1) is 11.3. The van der Waals surface area contributed by atoms with Crippen molar-refractivity contribution in [3.05, 3.63) is 29.0 Å². The zero-order chi connectivity index (χ0) is 17.3. The molecule has 0 aromatic carbocycles. The van der Waals surface area contributed by atoms with Gasteiger partial charge in [0.2, 0.25) is 5.91 Å². The van der Waals surface area contributed by atoms with E-state index in [-0.39, 0.29) is 12.5 Å². The van der Waals surface area contributed by atoms with Crippen LogP contribution < -0.4 is 4.90 Å². The van der Waals surface area contributed by atoms with Crippen LogP contribution in [0.5, 0.6) is 0 Å². The highest BCUT2D eigenvalue weighted by Gasteiger charge is 2.34. The molecule has 10 heteroatoms. The van der Waals surface area contributed by atoms with Gasteiger partial charge < -0.3 is 9.80 Å². The summed E-state index contributed by atoms with van der Waals surface area (Å²) in [4.78, 5) is 20.3. The highest BCUT2D eigenvalue weighted by molar-refractivity contribution is 7.13. The zero-order valence-electron chi connectivity index (χ0n) is 13.0. The fourth-order valence-corrected chi connectivity index (χ4v) is 3.25. The molecule has 24 heavy (non-hydrogen) atoms. The molecule has 0 radical (unpaired) electrons. The highest BCUT2D eigenvalue weighted by atomic mass is 32.1. The summed E-state index contributed by atoms with van der Waals surface area (Å²) in [6.07, 6.45) is -2.77. The average molecular weight is 359 g/mol. The van der Waals surface area contributed by atoms with Gasteiger partial charge in [0, 0.05) is 43.4 Å². The molecule has 0 atom stereocenters. The Bertz CT molecular complexity index is 705. The lowest BCUT2D eigenvalue weighted by molar-refractivity contribution is -0.142. The minimum absolute atomic E-state index is 0.181. The first-order valence-electron chi connectivity index (χ1n) is 7.38. The minimum Gasteiger partial charge on any atom is -0.345 e. The fraction of sp³-hybridized carbons (Fsp3) is 0.500. The van der Waals surface area contributed by atoms with E-state index in [1.165, 1.54) is 18.3 Å². The van der Waals surface area contributed by atoms with Crippen LogP contribution >= 0.6 is 11.3 Å². The van der Waals surface area contributed by atoms with Gasteiger partial charge >= 0.3 is 6.18 Å². The standard InChI is InChI=1S/C14H16F3N5OS/c1-10-8-11(14(15,16)17)19-22(10)9-12(23)20-3-5-21(6-4-20)13-18-2-7-24-13/h2,7-8H,3-6,9H2,1H3. The van der Waals surface area contributed by atoms with E-state index in [0.29, 0.717) is 31.9 Å². The summed E-state index contributed by atoms with van der Waals surface area (Å²) in [5.74, 6) is -0.228. The van der Waals surface area contributed by atoms with Crippen molar-refractivity contribution in [3.8, 4) is 0 Å². The Labute approximate surface area is 140 Å². The molecule has 1 saturated heterocycles. The Morgan fingerprint density at radius 2 is 2.00 bits per heavy atom. The van der Waals surface area contributed by atoms with Gasteiger partial charge in [-0.25, -0.2) is 4.98 Å². The molecule has 1 amide bonds. The van der Waals surface area contributed by atoms with Gasteiger partial charge in [-0.2, -0.15) is 18.3 Å². The van der Waals surface area contributed by atoms with E-state index < -0.39 is 11.9 Å². The number of hydrogen-bond acceptors (Lipinski definition) is 5. The van der Waals surface area contributed by atoms with Crippen LogP contribution in [0.2, 0.25) is 0 Å². The number of anilines is 1. The Kier molecular flexibility index (Phi) is 4.48. The Hall–Kier alpha value is -2.10. The first kappa shape index (κ1) is 16.7. The van der Waals surface area contributed by atoms with Crippen molar-refractivity contribution in [2.24, 2.45) is 0 Å². The van der Waals surface area contributed by atoms with Gasteiger partial charge in [-0.15, -0.1) is 11.3 Å². The third kappa shape index (κ3) is 3.53. The maximum atomic E-state index is 12.7. The summed E-state index contributed by atoms with van der Waals surface area (Å²) in [6.45, 7) is 3.68. The van der Waals surface area contributed by atoms with E-state index in [9.17, 15) is 18.0 Å². The molecule has 6 nitrogen and oxygen atoms in total. The second-order valence-electron chi connectivity index (χ2n) is 5.51. The van der Waals surface area contributed by atoms with E-state index in [1.54, 1.807) is 11.1 Å². The third-order valence-electron chi connectivity index (χ3n) is 3.88. The SMILES string of the molecule is Cc1cc(C(F)(F)F)nn1CC(=O)N1CCN(c2nccs2)CC1. The maximum absolute atomic E-state index is 12.7. The van der Waals surface area contributed by atoms with Gasteiger partial charge in [-0.1, -0.05) is 0 Å². The fourth-order valence-electron chi connectivity index (χ4n) is 2.56. The minimum atomic E-state index is -4.50. The number of piperazine rings is 1. The molecule has 1 fully saturated rings. The second-order valence-corrected chi connectivity index (χ2v) is 6.38. The number of carbonyl (C=O) groups is 1. The molecule has 0 saturated carbocycles. The second kappa shape index (κ2) is 6.42. The number of aromatic nitrogens is 3. The van der Waals surface area contributed by atoms with Gasteiger partial charge in [-0.05, 0) is 13.0 Å². The summed E-state index contributed by atoms with van der Waals surface area (Å²) in [5, 5.41) is 6.31. The van der Waals surface area contributed by atoms with Crippen molar-refractivity contribution in [2.75, 3.05) is 31.1 Å². The predicted octanol–water partition coefficient (Wildman–Crippen LogP) is 2.02. The van der Waals surface area contributed by atoms with E-state index >= 15 is 0 Å². The van der Waals surface area contributed by atoms with Gasteiger partial charge in [0.15, 0.2) is 10.8 Å². The maximum Gasteiger partial charge on any atom is 0.435 e. The Balaban J connectivity index is 1.59. The molecule has 0 N–H and O–H groups in total. The van der Waals surface area contributed by atoms with Gasteiger partial charge in [0.1, 0.15) is 6.54 Å². The number of halogens is 3. The molecule has 130 valence electrons. The van der Waals surface area contributed by atoms with Crippen LogP contribution in [-0.4, -0.2) is 51.8 Å². The molecular weight excluding hydrogens is 343 g/mol. The molecule has 3 rings (SSSR count). The number of rotatable bonds is 3. The van der Waals surface area contributed by atoms with Crippen LogP contribution in [-0.2, 0) is 17.5 Å². The largest absolute Gasteiger partial charge is 0.435 e. The molecule has 1 aliphatic heterocycles. The quantitative estimate of drug-likeness (QED) is 0.841. The topological polar surface area (TPSA) is 54.3 Å². The van der Waals surface area contributed by atoms with Crippen LogP contribution in [0.25, 0.3) is 0 Å². The monoisotopic (exact) mass is 359 g/mol. The summed E-state index contributed by atoms with van der Waals surface area (Å²) >= 11 is 1.54. The van der Waals surface area contributed by atoms with Crippen LogP contribution in [0.3, 0.4) is 0 Å². The number of alkyl halides is 3. The Morgan fingerprint density at radius 3 is 2.54 bits per heavy atom. The van der Waals surface area contributed by atoms with Crippen molar-refractivity contribution < 1.29 is 18.0 Å². The van der Waals surface area contributed by atoms with Crippen molar-refractivity contribution >= 4 is 22.4 Å². The molecule has 2 aromatic rings. The lowest BCUT2D eigenvalue weighted by Gasteiger charge is -2.34. The zero-order valence-corrected chi connectivity index (χ0v) is 13.8. The van der Waals surface area contributed by atoms with Crippen molar-refractivity contribution in [1.82, 2.24) is 19.7 Å². The van der Waals surface area contributed by atoms with E-state index in [4.69, 9.17) is 0 Å². The van der Waals surface area contributed by atoms with Crippen molar-refractivity contribution in [3.63, 3.8) is 0 Å². The van der Waals surface area contributed by atoms with Gasteiger partial charge in [-0.3, -0.25) is 9.48 Å². The smallest absolute Gasteiger partial charge is 0.345 e. The summed E-state index contributed by atoms with van der Waals surface area (Å²) in [7, 11) is 0. The van der Waals surface area contributed by atoms with Gasteiger partial charge in [0.05, 0.1) is 0 Å².